The molecule has 0 atom stereocenters. The maximum absolute atomic E-state index is 13.1. The monoisotopic (exact) mass is 501 g/mol. The van der Waals surface area contributed by atoms with E-state index in [1.54, 1.807) is 32.0 Å². The molecule has 1 aliphatic heterocycles. The van der Waals surface area contributed by atoms with Crippen LogP contribution in [0.25, 0.3) is 5.57 Å². The first-order chi connectivity index (χ1) is 14.7. The van der Waals surface area contributed by atoms with E-state index in [0.29, 0.717) is 28.4 Å². The Morgan fingerprint density at radius 3 is 2.61 bits per heavy atom. The standard InChI is InChI=1S/C22H20BrN3O4S/c1-5-26-16-8-7-13(23)9-14(16)18(21(26)28)15(10-24)19(27)25-20-17(22(29)30-6-2)11(3)12(4)31-20/h7-9H,5-6H2,1-4H3,(H,25,27)/b18-15-. The Balaban J connectivity index is 2.09. The van der Waals surface area contributed by atoms with E-state index in [1.165, 1.54) is 16.2 Å². The number of esters is 1. The van der Waals surface area contributed by atoms with E-state index < -0.39 is 17.8 Å². The van der Waals surface area contributed by atoms with Crippen LogP contribution in [0.1, 0.15) is 40.2 Å². The molecule has 0 bridgehead atoms. The van der Waals surface area contributed by atoms with Crippen LogP contribution in [-0.4, -0.2) is 30.9 Å². The number of nitriles is 1. The number of carbonyl (C=O) groups excluding carboxylic acids is 3. The van der Waals surface area contributed by atoms with Gasteiger partial charge in [0, 0.05) is 21.5 Å². The van der Waals surface area contributed by atoms with Crippen molar-refractivity contribution < 1.29 is 19.1 Å². The van der Waals surface area contributed by atoms with E-state index in [9.17, 15) is 19.6 Å². The maximum atomic E-state index is 13.1. The molecule has 1 aromatic heterocycles. The molecule has 0 saturated carbocycles. The summed E-state index contributed by atoms with van der Waals surface area (Å²) in [6.07, 6.45) is 0. The fourth-order valence-electron chi connectivity index (χ4n) is 3.41. The molecule has 2 heterocycles. The summed E-state index contributed by atoms with van der Waals surface area (Å²) in [6.45, 7) is 7.71. The van der Waals surface area contributed by atoms with Crippen LogP contribution in [0, 0.1) is 25.2 Å². The minimum Gasteiger partial charge on any atom is -0.462 e. The Kier molecular flexibility index (Phi) is 6.62. The van der Waals surface area contributed by atoms with E-state index in [-0.39, 0.29) is 23.3 Å². The number of carbonyl (C=O) groups is 3. The molecule has 2 amide bonds. The molecule has 1 N–H and O–H groups in total. The Morgan fingerprint density at radius 1 is 1.29 bits per heavy atom. The van der Waals surface area contributed by atoms with Crippen LogP contribution in [0.3, 0.4) is 0 Å². The maximum Gasteiger partial charge on any atom is 0.341 e. The SMILES string of the molecule is CCOC(=O)c1c(NC(=O)/C(C#N)=C2\C(=O)N(CC)c3ccc(Br)cc32)sc(C)c1C. The lowest BCUT2D eigenvalue weighted by molar-refractivity contribution is -0.114. The molecule has 0 radical (unpaired) electrons. The lowest BCUT2D eigenvalue weighted by atomic mass is 10.0. The van der Waals surface area contributed by atoms with Gasteiger partial charge in [-0.25, -0.2) is 4.79 Å². The summed E-state index contributed by atoms with van der Waals surface area (Å²) in [6, 6.07) is 7.17. The van der Waals surface area contributed by atoms with Crippen LogP contribution in [0.4, 0.5) is 10.7 Å². The minimum atomic E-state index is -0.749. The number of rotatable bonds is 5. The number of hydrogen-bond acceptors (Lipinski definition) is 6. The average molecular weight is 502 g/mol. The first-order valence-electron chi connectivity index (χ1n) is 9.59. The van der Waals surface area contributed by atoms with E-state index >= 15 is 0 Å². The van der Waals surface area contributed by atoms with Crippen molar-refractivity contribution in [2.24, 2.45) is 0 Å². The van der Waals surface area contributed by atoms with Gasteiger partial charge in [-0.1, -0.05) is 15.9 Å². The quantitative estimate of drug-likeness (QED) is 0.367. The van der Waals surface area contributed by atoms with Crippen molar-refractivity contribution in [3.63, 3.8) is 0 Å². The van der Waals surface area contributed by atoms with Crippen molar-refractivity contribution in [1.29, 1.82) is 5.26 Å². The first-order valence-corrected chi connectivity index (χ1v) is 11.2. The summed E-state index contributed by atoms with van der Waals surface area (Å²) >= 11 is 4.60. The van der Waals surface area contributed by atoms with E-state index in [1.807, 2.05) is 19.9 Å². The Bertz CT molecular complexity index is 1180. The van der Waals surface area contributed by atoms with E-state index in [4.69, 9.17) is 4.74 Å². The molecule has 0 spiro atoms. The number of benzene rings is 1. The third kappa shape index (κ3) is 4.01. The van der Waals surface area contributed by atoms with Gasteiger partial charge < -0.3 is 15.0 Å². The molecule has 0 fully saturated rings. The Labute approximate surface area is 192 Å². The average Bonchev–Trinajstić information content (AvgIpc) is 3.15. The van der Waals surface area contributed by atoms with Gasteiger partial charge in [0.25, 0.3) is 11.8 Å². The van der Waals surface area contributed by atoms with Crippen molar-refractivity contribution in [2.75, 3.05) is 23.4 Å². The number of anilines is 2. The number of thiophene rings is 1. The van der Waals surface area contributed by atoms with Gasteiger partial charge in [0.05, 0.1) is 23.4 Å². The fourth-order valence-corrected chi connectivity index (χ4v) is 4.81. The lowest BCUT2D eigenvalue weighted by Crippen LogP contribution is -2.27. The van der Waals surface area contributed by atoms with Gasteiger partial charge in [-0.2, -0.15) is 5.26 Å². The second kappa shape index (κ2) is 9.04. The van der Waals surface area contributed by atoms with Crippen molar-refractivity contribution >= 4 is 61.3 Å². The molecule has 1 aliphatic rings. The Hall–Kier alpha value is -2.96. The largest absolute Gasteiger partial charge is 0.462 e. The summed E-state index contributed by atoms with van der Waals surface area (Å²) in [5.74, 6) is -1.71. The van der Waals surface area contributed by atoms with Crippen molar-refractivity contribution in [3.05, 3.63) is 49.8 Å². The van der Waals surface area contributed by atoms with Crippen molar-refractivity contribution in [1.82, 2.24) is 0 Å². The second-order valence-corrected chi connectivity index (χ2v) is 8.88. The van der Waals surface area contributed by atoms with Crippen LogP contribution in [0.2, 0.25) is 0 Å². The third-order valence-electron chi connectivity index (χ3n) is 4.97. The zero-order chi connectivity index (χ0) is 22.9. The topological polar surface area (TPSA) is 99.5 Å². The molecule has 3 rings (SSSR count). The van der Waals surface area contributed by atoms with Crippen molar-refractivity contribution in [3.8, 4) is 6.07 Å². The van der Waals surface area contributed by atoms with Gasteiger partial charge >= 0.3 is 5.97 Å². The van der Waals surface area contributed by atoms with E-state index in [2.05, 4.69) is 21.2 Å². The highest BCUT2D eigenvalue weighted by atomic mass is 79.9. The zero-order valence-electron chi connectivity index (χ0n) is 17.5. The number of fused-ring (bicyclic) bond motifs is 1. The van der Waals surface area contributed by atoms with Crippen LogP contribution in [-0.2, 0) is 14.3 Å². The molecular weight excluding hydrogens is 482 g/mol. The summed E-state index contributed by atoms with van der Waals surface area (Å²) in [5, 5.41) is 12.7. The molecule has 31 heavy (non-hydrogen) atoms. The number of hydrogen-bond donors (Lipinski definition) is 1. The highest BCUT2D eigenvalue weighted by Crippen LogP contribution is 2.40. The third-order valence-corrected chi connectivity index (χ3v) is 6.59. The summed E-state index contributed by atoms with van der Waals surface area (Å²) in [4.78, 5) is 40.9. The highest BCUT2D eigenvalue weighted by Gasteiger charge is 2.36. The van der Waals surface area contributed by atoms with Crippen LogP contribution in [0.5, 0.6) is 0 Å². The van der Waals surface area contributed by atoms with Gasteiger partial charge in [-0.3, -0.25) is 9.59 Å². The molecule has 160 valence electrons. The predicted octanol–water partition coefficient (Wildman–Crippen LogP) is 4.59. The molecule has 1 aromatic carbocycles. The second-order valence-electron chi connectivity index (χ2n) is 6.73. The lowest BCUT2D eigenvalue weighted by Gasteiger charge is -2.13. The van der Waals surface area contributed by atoms with Gasteiger partial charge in [0.2, 0.25) is 0 Å². The van der Waals surface area contributed by atoms with Crippen LogP contribution >= 0.6 is 27.3 Å². The van der Waals surface area contributed by atoms with Gasteiger partial charge in [-0.05, 0) is 51.5 Å². The van der Waals surface area contributed by atoms with E-state index in [0.717, 1.165) is 9.35 Å². The fraction of sp³-hybridized carbons (Fsp3) is 0.273. The number of aryl methyl sites for hydroxylation is 1. The normalized spacial score (nSPS) is 14.2. The number of nitrogens with one attached hydrogen (secondary N) is 1. The smallest absolute Gasteiger partial charge is 0.341 e. The first kappa shape index (κ1) is 22.7. The van der Waals surface area contributed by atoms with Gasteiger partial charge in [-0.15, -0.1) is 11.3 Å². The molecular formula is C22H20BrN3O4S. The predicted molar refractivity (Wildman–Crippen MR) is 123 cm³/mol. The molecule has 0 saturated heterocycles. The highest BCUT2D eigenvalue weighted by molar-refractivity contribution is 9.10. The van der Waals surface area contributed by atoms with Crippen LogP contribution in [0.15, 0.2) is 28.2 Å². The van der Waals surface area contributed by atoms with Crippen LogP contribution < -0.4 is 10.2 Å². The summed E-state index contributed by atoms with van der Waals surface area (Å²) in [5.41, 5.74) is 1.85. The summed E-state index contributed by atoms with van der Waals surface area (Å²) < 4.78 is 5.83. The number of nitrogens with zero attached hydrogens (tertiary/aromatic N) is 2. The number of halogens is 1. The number of ether oxygens (including phenoxy) is 1. The van der Waals surface area contributed by atoms with Gasteiger partial charge in [0.1, 0.15) is 16.6 Å². The molecule has 2 aromatic rings. The molecule has 7 nitrogen and oxygen atoms in total. The molecule has 0 unspecified atom stereocenters. The minimum absolute atomic E-state index is 0.0424. The molecule has 0 aliphatic carbocycles. The summed E-state index contributed by atoms with van der Waals surface area (Å²) in [7, 11) is 0. The van der Waals surface area contributed by atoms with Gasteiger partial charge in [0.15, 0.2) is 0 Å². The zero-order valence-corrected chi connectivity index (χ0v) is 19.9. The number of likely N-dealkylation sites (N-methyl/N-ethyl adjacent to an activating group) is 1. The Morgan fingerprint density at radius 2 is 2.00 bits per heavy atom. The number of amides is 2. The van der Waals surface area contributed by atoms with Crippen molar-refractivity contribution in [2.45, 2.75) is 27.7 Å². The molecule has 9 heteroatoms.